The monoisotopic (exact) mass is 290 g/mol. The molecule has 5 heteroatoms. The molecule has 3 aliphatic rings. The molecule has 3 fully saturated rings. The second kappa shape index (κ2) is 5.13. The highest BCUT2D eigenvalue weighted by Gasteiger charge is 2.40. The second-order valence-corrected chi connectivity index (χ2v) is 6.79. The van der Waals surface area contributed by atoms with Crippen molar-refractivity contribution in [1.82, 2.24) is 10.5 Å². The number of ether oxygens (including phenoxy) is 1. The molecule has 2 heterocycles. The van der Waals surface area contributed by atoms with Gasteiger partial charge in [0.2, 0.25) is 0 Å². The summed E-state index contributed by atoms with van der Waals surface area (Å²) in [5.41, 5.74) is 0.447. The molecule has 1 saturated heterocycles. The molecule has 1 aromatic heterocycles. The van der Waals surface area contributed by atoms with E-state index in [1.165, 1.54) is 12.8 Å². The Morgan fingerprint density at radius 3 is 2.86 bits per heavy atom. The molecular weight excluding hydrogens is 268 g/mol. The number of hydrogen-bond acceptors (Lipinski definition) is 4. The van der Waals surface area contributed by atoms with Crippen LogP contribution < -0.4 is 5.32 Å². The molecule has 2 aliphatic carbocycles. The smallest absolute Gasteiger partial charge is 0.273 e. The summed E-state index contributed by atoms with van der Waals surface area (Å²) in [6.07, 6.45) is 8.89. The van der Waals surface area contributed by atoms with E-state index in [9.17, 15) is 4.79 Å². The number of carbonyl (C=O) groups is 1. The third-order valence-corrected chi connectivity index (χ3v) is 5.08. The first-order valence-electron chi connectivity index (χ1n) is 8.16. The summed E-state index contributed by atoms with van der Waals surface area (Å²) in [5, 5.41) is 7.03. The second-order valence-electron chi connectivity index (χ2n) is 6.79. The van der Waals surface area contributed by atoms with Crippen LogP contribution in [0.4, 0.5) is 0 Å². The van der Waals surface area contributed by atoms with Gasteiger partial charge in [-0.1, -0.05) is 18.0 Å². The predicted molar refractivity (Wildman–Crippen MR) is 76.1 cm³/mol. The van der Waals surface area contributed by atoms with Crippen LogP contribution in [0, 0.1) is 0 Å². The molecular formula is C16H22N2O3. The van der Waals surface area contributed by atoms with Crippen LogP contribution in [-0.4, -0.2) is 29.3 Å². The van der Waals surface area contributed by atoms with Gasteiger partial charge in [0, 0.05) is 24.6 Å². The van der Waals surface area contributed by atoms with E-state index in [1.54, 1.807) is 6.07 Å². The SMILES string of the molecule is O=C(NC1CCOC2(CCCC2)C1)c1cc(C2CC2)on1. The molecule has 1 amide bonds. The summed E-state index contributed by atoms with van der Waals surface area (Å²) in [4.78, 5) is 12.3. The van der Waals surface area contributed by atoms with E-state index in [4.69, 9.17) is 9.26 Å². The fourth-order valence-corrected chi connectivity index (χ4v) is 3.73. The average Bonchev–Trinajstić information content (AvgIpc) is 3.04. The van der Waals surface area contributed by atoms with Crippen LogP contribution in [0.15, 0.2) is 10.6 Å². The molecule has 5 nitrogen and oxygen atoms in total. The number of rotatable bonds is 3. The van der Waals surface area contributed by atoms with Gasteiger partial charge in [-0.05, 0) is 38.5 Å². The van der Waals surface area contributed by atoms with Gasteiger partial charge in [-0.25, -0.2) is 0 Å². The minimum Gasteiger partial charge on any atom is -0.375 e. The number of nitrogens with one attached hydrogen (secondary N) is 1. The van der Waals surface area contributed by atoms with Crippen molar-refractivity contribution in [2.75, 3.05) is 6.61 Å². The zero-order valence-electron chi connectivity index (χ0n) is 12.3. The maximum atomic E-state index is 12.3. The third kappa shape index (κ3) is 2.71. The quantitative estimate of drug-likeness (QED) is 0.929. The Hall–Kier alpha value is -1.36. The molecule has 0 aromatic carbocycles. The van der Waals surface area contributed by atoms with Crippen molar-refractivity contribution in [3.63, 3.8) is 0 Å². The molecule has 1 aromatic rings. The van der Waals surface area contributed by atoms with E-state index in [1.807, 2.05) is 0 Å². The third-order valence-electron chi connectivity index (χ3n) is 5.08. The zero-order valence-corrected chi connectivity index (χ0v) is 12.3. The van der Waals surface area contributed by atoms with Crippen molar-refractivity contribution in [1.29, 1.82) is 0 Å². The van der Waals surface area contributed by atoms with Gasteiger partial charge in [0.1, 0.15) is 5.76 Å². The van der Waals surface area contributed by atoms with Crippen LogP contribution in [-0.2, 0) is 4.74 Å². The lowest BCUT2D eigenvalue weighted by atomic mass is 9.89. The summed E-state index contributed by atoms with van der Waals surface area (Å²) in [5.74, 6) is 1.24. The summed E-state index contributed by atoms with van der Waals surface area (Å²) < 4.78 is 11.3. The van der Waals surface area contributed by atoms with Crippen LogP contribution in [0.5, 0.6) is 0 Å². The first kappa shape index (κ1) is 13.3. The number of aromatic nitrogens is 1. The van der Waals surface area contributed by atoms with Gasteiger partial charge >= 0.3 is 0 Å². The summed E-state index contributed by atoms with van der Waals surface area (Å²) in [6.45, 7) is 0.747. The maximum Gasteiger partial charge on any atom is 0.273 e. The topological polar surface area (TPSA) is 64.4 Å². The summed E-state index contributed by atoms with van der Waals surface area (Å²) >= 11 is 0. The van der Waals surface area contributed by atoms with Crippen LogP contribution in [0.2, 0.25) is 0 Å². The zero-order chi connectivity index (χ0) is 14.3. The summed E-state index contributed by atoms with van der Waals surface area (Å²) in [6, 6.07) is 2.00. The first-order valence-corrected chi connectivity index (χ1v) is 8.16. The van der Waals surface area contributed by atoms with E-state index < -0.39 is 0 Å². The molecule has 4 rings (SSSR count). The Labute approximate surface area is 124 Å². The van der Waals surface area contributed by atoms with Crippen LogP contribution >= 0.6 is 0 Å². The molecule has 114 valence electrons. The van der Waals surface area contributed by atoms with E-state index >= 15 is 0 Å². The van der Waals surface area contributed by atoms with Crippen LogP contribution in [0.1, 0.15) is 73.5 Å². The molecule has 1 atom stereocenters. The first-order chi connectivity index (χ1) is 10.2. The standard InChI is InChI=1S/C16H22N2O3/c19-15(13-9-14(21-18-13)11-3-4-11)17-12-5-8-20-16(10-12)6-1-2-7-16/h9,11-12H,1-8,10H2,(H,17,19). The fraction of sp³-hybridized carbons (Fsp3) is 0.750. The Bertz CT molecular complexity index is 529. The van der Waals surface area contributed by atoms with E-state index in [0.717, 1.165) is 50.9 Å². The van der Waals surface area contributed by atoms with Crippen molar-refractivity contribution in [2.45, 2.75) is 68.9 Å². The van der Waals surface area contributed by atoms with E-state index in [-0.39, 0.29) is 17.6 Å². The van der Waals surface area contributed by atoms with Crippen LogP contribution in [0.3, 0.4) is 0 Å². The van der Waals surface area contributed by atoms with E-state index in [2.05, 4.69) is 10.5 Å². The van der Waals surface area contributed by atoms with E-state index in [0.29, 0.717) is 11.6 Å². The largest absolute Gasteiger partial charge is 0.375 e. The number of hydrogen-bond donors (Lipinski definition) is 1. The summed E-state index contributed by atoms with van der Waals surface area (Å²) in [7, 11) is 0. The maximum absolute atomic E-state index is 12.3. The molecule has 2 saturated carbocycles. The predicted octanol–water partition coefficient (Wildman–Crippen LogP) is 2.77. The molecule has 1 aliphatic heterocycles. The normalized spacial score (nSPS) is 27.9. The minimum atomic E-state index is -0.106. The molecule has 0 radical (unpaired) electrons. The number of nitrogens with zero attached hydrogens (tertiary/aromatic N) is 1. The highest BCUT2D eigenvalue weighted by molar-refractivity contribution is 5.92. The Kier molecular flexibility index (Phi) is 3.25. The van der Waals surface area contributed by atoms with Gasteiger partial charge in [-0.3, -0.25) is 4.79 Å². The number of amides is 1. The van der Waals surface area contributed by atoms with Gasteiger partial charge in [0.25, 0.3) is 5.91 Å². The van der Waals surface area contributed by atoms with Gasteiger partial charge in [-0.15, -0.1) is 0 Å². The number of carbonyl (C=O) groups excluding carboxylic acids is 1. The molecule has 1 N–H and O–H groups in total. The van der Waals surface area contributed by atoms with Gasteiger partial charge < -0.3 is 14.6 Å². The lowest BCUT2D eigenvalue weighted by Crippen LogP contribution is -2.47. The van der Waals surface area contributed by atoms with Crippen molar-refractivity contribution >= 4 is 5.91 Å². The lowest BCUT2D eigenvalue weighted by molar-refractivity contribution is -0.0823. The Balaban J connectivity index is 1.38. The highest BCUT2D eigenvalue weighted by Crippen LogP contribution is 2.41. The molecule has 1 unspecified atom stereocenters. The van der Waals surface area contributed by atoms with Crippen molar-refractivity contribution < 1.29 is 14.1 Å². The van der Waals surface area contributed by atoms with Gasteiger partial charge in [-0.2, -0.15) is 0 Å². The lowest BCUT2D eigenvalue weighted by Gasteiger charge is -2.38. The van der Waals surface area contributed by atoms with Crippen molar-refractivity contribution in [3.8, 4) is 0 Å². The van der Waals surface area contributed by atoms with Crippen molar-refractivity contribution in [3.05, 3.63) is 17.5 Å². The van der Waals surface area contributed by atoms with Crippen molar-refractivity contribution in [2.24, 2.45) is 0 Å². The minimum absolute atomic E-state index is 0.0270. The molecule has 1 spiro atoms. The Morgan fingerprint density at radius 2 is 2.10 bits per heavy atom. The van der Waals surface area contributed by atoms with Gasteiger partial charge in [0.15, 0.2) is 5.69 Å². The molecule has 0 bridgehead atoms. The highest BCUT2D eigenvalue weighted by atomic mass is 16.5. The Morgan fingerprint density at radius 1 is 1.29 bits per heavy atom. The average molecular weight is 290 g/mol. The molecule has 21 heavy (non-hydrogen) atoms. The van der Waals surface area contributed by atoms with Crippen LogP contribution in [0.25, 0.3) is 0 Å². The van der Waals surface area contributed by atoms with Gasteiger partial charge in [0.05, 0.1) is 5.60 Å². The fourth-order valence-electron chi connectivity index (χ4n) is 3.73.